The summed E-state index contributed by atoms with van der Waals surface area (Å²) in [5.74, 6) is -1.18. The minimum Gasteiger partial charge on any atom is -0.339 e. The van der Waals surface area contributed by atoms with E-state index in [1.54, 1.807) is 11.9 Å². The molecule has 0 aliphatic heterocycles. The Labute approximate surface area is 143 Å². The van der Waals surface area contributed by atoms with Gasteiger partial charge in [-0.05, 0) is 43.7 Å². The van der Waals surface area contributed by atoms with E-state index < -0.39 is 26.5 Å². The van der Waals surface area contributed by atoms with Gasteiger partial charge in [-0.1, -0.05) is 25.3 Å². The third kappa shape index (κ3) is 3.63. The van der Waals surface area contributed by atoms with Gasteiger partial charge >= 0.3 is 0 Å². The number of amides is 1. The predicted molar refractivity (Wildman–Crippen MR) is 90.1 cm³/mol. The molecule has 0 atom stereocenters. The minimum atomic E-state index is -3.79. The number of rotatable bonds is 5. The van der Waals surface area contributed by atoms with Crippen LogP contribution in [0.25, 0.3) is 0 Å². The Hall–Kier alpha value is -1.43. The SMILES string of the molecule is CN(C(=O)c1cccc(F)c1S(=O)(=O)CC1CC1)C1CCCCC1. The highest BCUT2D eigenvalue weighted by atomic mass is 32.2. The van der Waals surface area contributed by atoms with Crippen molar-refractivity contribution in [2.24, 2.45) is 5.92 Å². The van der Waals surface area contributed by atoms with Gasteiger partial charge in [-0.2, -0.15) is 0 Å². The van der Waals surface area contributed by atoms with E-state index in [9.17, 15) is 17.6 Å². The van der Waals surface area contributed by atoms with E-state index in [1.165, 1.54) is 18.6 Å². The van der Waals surface area contributed by atoms with Crippen LogP contribution in [0.1, 0.15) is 55.3 Å². The van der Waals surface area contributed by atoms with Crippen LogP contribution in [0.4, 0.5) is 4.39 Å². The van der Waals surface area contributed by atoms with Crippen molar-refractivity contribution in [1.82, 2.24) is 4.90 Å². The predicted octanol–water partition coefficient (Wildman–Crippen LogP) is 3.41. The number of carbonyl (C=O) groups excluding carboxylic acids is 1. The monoisotopic (exact) mass is 353 g/mol. The average molecular weight is 353 g/mol. The number of benzene rings is 1. The van der Waals surface area contributed by atoms with Crippen molar-refractivity contribution >= 4 is 15.7 Å². The maximum absolute atomic E-state index is 14.3. The molecule has 0 saturated heterocycles. The molecule has 6 heteroatoms. The maximum Gasteiger partial charge on any atom is 0.255 e. The first-order valence-electron chi connectivity index (χ1n) is 8.68. The van der Waals surface area contributed by atoms with E-state index in [2.05, 4.69) is 0 Å². The Morgan fingerprint density at radius 2 is 1.83 bits per heavy atom. The Morgan fingerprint density at radius 3 is 2.46 bits per heavy atom. The van der Waals surface area contributed by atoms with Gasteiger partial charge in [0, 0.05) is 13.1 Å². The second kappa shape index (κ2) is 6.82. The molecular weight excluding hydrogens is 329 g/mol. The van der Waals surface area contributed by atoms with E-state index in [-0.39, 0.29) is 23.3 Å². The zero-order chi connectivity index (χ0) is 17.3. The second-order valence-corrected chi connectivity index (χ2v) is 9.02. The highest BCUT2D eigenvalue weighted by Gasteiger charge is 2.35. The van der Waals surface area contributed by atoms with Gasteiger partial charge in [-0.25, -0.2) is 12.8 Å². The normalized spacial score (nSPS) is 19.2. The van der Waals surface area contributed by atoms with Crippen molar-refractivity contribution in [1.29, 1.82) is 0 Å². The van der Waals surface area contributed by atoms with Gasteiger partial charge in [0.2, 0.25) is 0 Å². The van der Waals surface area contributed by atoms with Crippen LogP contribution in [0, 0.1) is 11.7 Å². The van der Waals surface area contributed by atoms with Crippen molar-refractivity contribution in [3.05, 3.63) is 29.6 Å². The lowest BCUT2D eigenvalue weighted by molar-refractivity contribution is 0.0691. The molecule has 0 heterocycles. The Morgan fingerprint density at radius 1 is 1.17 bits per heavy atom. The van der Waals surface area contributed by atoms with E-state index in [0.717, 1.165) is 44.6 Å². The largest absolute Gasteiger partial charge is 0.339 e. The minimum absolute atomic E-state index is 0.0243. The molecular formula is C18H24FNO3S. The number of hydrogen-bond donors (Lipinski definition) is 0. The third-order valence-corrected chi connectivity index (χ3v) is 7.05. The highest BCUT2D eigenvalue weighted by Crippen LogP contribution is 2.34. The first kappa shape index (κ1) is 17.4. The molecule has 1 amide bonds. The average Bonchev–Trinajstić information content (AvgIpc) is 3.37. The standard InChI is InChI=1S/C18H24FNO3S/c1-20(14-6-3-2-4-7-14)18(21)15-8-5-9-16(19)17(15)24(22,23)12-13-10-11-13/h5,8-9,13-14H,2-4,6-7,10-12H2,1H3. The fourth-order valence-electron chi connectivity index (χ4n) is 3.50. The summed E-state index contributed by atoms with van der Waals surface area (Å²) in [7, 11) is -2.10. The number of carbonyl (C=O) groups is 1. The van der Waals surface area contributed by atoms with Crippen LogP contribution < -0.4 is 0 Å². The quantitative estimate of drug-likeness (QED) is 0.815. The number of hydrogen-bond acceptors (Lipinski definition) is 3. The van der Waals surface area contributed by atoms with E-state index in [4.69, 9.17) is 0 Å². The third-order valence-electron chi connectivity index (χ3n) is 5.10. The molecule has 0 aromatic heterocycles. The van der Waals surface area contributed by atoms with Gasteiger partial charge in [0.1, 0.15) is 10.7 Å². The van der Waals surface area contributed by atoms with Crippen molar-refractivity contribution < 1.29 is 17.6 Å². The summed E-state index contributed by atoms with van der Waals surface area (Å²) in [6.45, 7) is 0. The summed E-state index contributed by atoms with van der Waals surface area (Å²) in [6.07, 6.45) is 6.86. The van der Waals surface area contributed by atoms with Crippen LogP contribution in [0.5, 0.6) is 0 Å². The fraction of sp³-hybridized carbons (Fsp3) is 0.611. The summed E-state index contributed by atoms with van der Waals surface area (Å²) >= 11 is 0. The van der Waals surface area contributed by atoms with Crippen LogP contribution in [-0.4, -0.2) is 38.1 Å². The lowest BCUT2D eigenvalue weighted by Gasteiger charge is -2.31. The van der Waals surface area contributed by atoms with Crippen LogP contribution in [-0.2, 0) is 9.84 Å². The van der Waals surface area contributed by atoms with Gasteiger partial charge in [-0.3, -0.25) is 4.79 Å². The van der Waals surface area contributed by atoms with Crippen molar-refractivity contribution in [3.8, 4) is 0 Å². The van der Waals surface area contributed by atoms with Crippen molar-refractivity contribution in [3.63, 3.8) is 0 Å². The molecule has 0 unspecified atom stereocenters. The number of nitrogens with zero attached hydrogens (tertiary/aromatic N) is 1. The van der Waals surface area contributed by atoms with E-state index >= 15 is 0 Å². The smallest absolute Gasteiger partial charge is 0.255 e. The second-order valence-electron chi connectivity index (χ2n) is 7.05. The molecule has 0 spiro atoms. The van der Waals surface area contributed by atoms with Crippen LogP contribution in [0.2, 0.25) is 0 Å². The number of sulfone groups is 1. The summed E-state index contributed by atoms with van der Waals surface area (Å²) in [6, 6.07) is 4.07. The zero-order valence-corrected chi connectivity index (χ0v) is 14.8. The van der Waals surface area contributed by atoms with Gasteiger partial charge < -0.3 is 4.90 Å². The van der Waals surface area contributed by atoms with Crippen LogP contribution in [0.3, 0.4) is 0 Å². The lowest BCUT2D eigenvalue weighted by atomic mass is 9.94. The molecule has 0 N–H and O–H groups in total. The van der Waals surface area contributed by atoms with E-state index in [1.807, 2.05) is 0 Å². The van der Waals surface area contributed by atoms with Gasteiger partial charge in [0.15, 0.2) is 9.84 Å². The van der Waals surface area contributed by atoms with Crippen LogP contribution in [0.15, 0.2) is 23.1 Å². The summed E-state index contributed by atoms with van der Waals surface area (Å²) in [5, 5.41) is 0. The topological polar surface area (TPSA) is 54.5 Å². The van der Waals surface area contributed by atoms with E-state index in [0.29, 0.717) is 0 Å². The van der Waals surface area contributed by atoms with Crippen molar-refractivity contribution in [2.75, 3.05) is 12.8 Å². The molecule has 1 aromatic carbocycles. The zero-order valence-electron chi connectivity index (χ0n) is 14.0. The molecule has 4 nitrogen and oxygen atoms in total. The fourth-order valence-corrected chi connectivity index (χ4v) is 5.47. The molecule has 2 aliphatic rings. The van der Waals surface area contributed by atoms with Gasteiger partial charge in [-0.15, -0.1) is 0 Å². The summed E-state index contributed by atoms with van der Waals surface area (Å²) in [4.78, 5) is 14.0. The Kier molecular flexibility index (Phi) is 4.95. The molecule has 0 radical (unpaired) electrons. The molecule has 1 aromatic rings. The molecule has 0 bridgehead atoms. The Balaban J connectivity index is 1.92. The highest BCUT2D eigenvalue weighted by molar-refractivity contribution is 7.91. The number of halogens is 1. The molecule has 132 valence electrons. The molecule has 3 rings (SSSR count). The lowest BCUT2D eigenvalue weighted by Crippen LogP contribution is -2.39. The molecule has 24 heavy (non-hydrogen) atoms. The van der Waals surface area contributed by atoms with Crippen molar-refractivity contribution in [2.45, 2.75) is 55.9 Å². The molecule has 2 aliphatic carbocycles. The van der Waals surface area contributed by atoms with Gasteiger partial charge in [0.25, 0.3) is 5.91 Å². The first-order valence-corrected chi connectivity index (χ1v) is 10.3. The summed E-state index contributed by atoms with van der Waals surface area (Å²) < 4.78 is 39.6. The summed E-state index contributed by atoms with van der Waals surface area (Å²) in [5.41, 5.74) is -0.0243. The Bertz CT molecular complexity index is 722. The first-order chi connectivity index (χ1) is 11.4. The molecule has 2 fully saturated rings. The van der Waals surface area contributed by atoms with Crippen LogP contribution >= 0.6 is 0 Å². The van der Waals surface area contributed by atoms with Gasteiger partial charge in [0.05, 0.1) is 11.3 Å². The maximum atomic E-state index is 14.3. The molecule has 2 saturated carbocycles.